The molecule has 18 heavy (non-hydrogen) atoms. The Morgan fingerprint density at radius 2 is 2.11 bits per heavy atom. The van der Waals surface area contributed by atoms with Crippen LogP contribution in [-0.2, 0) is 0 Å². The molecule has 92 valence electrons. The molecule has 1 aromatic carbocycles. The van der Waals surface area contributed by atoms with Crippen LogP contribution in [0.5, 0.6) is 0 Å². The summed E-state index contributed by atoms with van der Waals surface area (Å²) in [6, 6.07) is 4.76. The predicted molar refractivity (Wildman–Crippen MR) is 63.8 cm³/mol. The largest absolute Gasteiger partial charge is 0.453 e. The monoisotopic (exact) mass is 313 g/mol. The molecule has 1 aromatic heterocycles. The predicted octanol–water partition coefficient (Wildman–Crippen LogP) is 3.57. The number of carbonyl (C=O) groups is 1. The van der Waals surface area contributed by atoms with E-state index in [1.807, 2.05) is 0 Å². The zero-order chi connectivity index (χ0) is 13.3. The van der Waals surface area contributed by atoms with E-state index in [4.69, 9.17) is 4.42 Å². The first-order chi connectivity index (χ1) is 8.52. The lowest BCUT2D eigenvalue weighted by Crippen LogP contribution is -1.93. The summed E-state index contributed by atoms with van der Waals surface area (Å²) in [4.78, 5) is 20.7. The van der Waals surface area contributed by atoms with Crippen LogP contribution >= 0.6 is 15.9 Å². The van der Waals surface area contributed by atoms with Gasteiger partial charge in [0.1, 0.15) is 11.6 Å². The molecule has 0 saturated carbocycles. The Morgan fingerprint density at radius 3 is 2.67 bits per heavy atom. The number of hydrogen-bond donors (Lipinski definition) is 0. The van der Waals surface area contributed by atoms with Gasteiger partial charge >= 0.3 is 0 Å². The summed E-state index contributed by atoms with van der Waals surface area (Å²) in [6.07, 6.45) is 0.463. The first kappa shape index (κ1) is 12.4. The van der Waals surface area contributed by atoms with Gasteiger partial charge in [-0.15, -0.1) is 0 Å². The third-order valence-electron chi connectivity index (χ3n) is 2.24. The Hall–Kier alpha value is -2.02. The normalized spacial score (nSPS) is 10.3. The van der Waals surface area contributed by atoms with E-state index in [2.05, 4.69) is 15.9 Å². The highest BCUT2D eigenvalue weighted by Gasteiger charge is 2.21. The zero-order valence-electron chi connectivity index (χ0n) is 8.72. The standard InChI is InChI=1S/C11H5BrFNO4/c12-8-4-10(14(16)17)7(3-9(8)13)11-2-1-6(5-15)18-11/h1-5H. The van der Waals surface area contributed by atoms with Crippen LogP contribution < -0.4 is 0 Å². The smallest absolute Gasteiger partial charge is 0.281 e. The van der Waals surface area contributed by atoms with Crippen LogP contribution in [0.4, 0.5) is 10.1 Å². The molecule has 0 unspecified atom stereocenters. The Bertz CT molecular complexity index is 638. The highest BCUT2D eigenvalue weighted by atomic mass is 79.9. The van der Waals surface area contributed by atoms with Crippen molar-refractivity contribution in [2.45, 2.75) is 0 Å². The molecule has 0 atom stereocenters. The van der Waals surface area contributed by atoms with E-state index in [0.717, 1.165) is 12.1 Å². The molecule has 0 radical (unpaired) electrons. The number of nitrogens with zero attached hydrogens (tertiary/aromatic N) is 1. The van der Waals surface area contributed by atoms with Crippen molar-refractivity contribution in [1.29, 1.82) is 0 Å². The number of rotatable bonds is 3. The Balaban J connectivity index is 2.65. The third-order valence-corrected chi connectivity index (χ3v) is 2.85. The van der Waals surface area contributed by atoms with E-state index in [1.165, 1.54) is 12.1 Å². The highest BCUT2D eigenvalue weighted by Crippen LogP contribution is 2.34. The number of halogens is 2. The summed E-state index contributed by atoms with van der Waals surface area (Å²) in [5.74, 6) is -0.572. The molecule has 7 heteroatoms. The van der Waals surface area contributed by atoms with Gasteiger partial charge in [0.05, 0.1) is 15.0 Å². The third kappa shape index (κ3) is 2.17. The second-order valence-corrected chi connectivity index (χ2v) is 4.21. The second-order valence-electron chi connectivity index (χ2n) is 3.36. The number of nitro benzene ring substituents is 1. The minimum atomic E-state index is -0.653. The molecule has 0 bridgehead atoms. The van der Waals surface area contributed by atoms with Crippen LogP contribution in [0.15, 0.2) is 33.2 Å². The van der Waals surface area contributed by atoms with E-state index in [-0.39, 0.29) is 27.2 Å². The van der Waals surface area contributed by atoms with Gasteiger partial charge in [0.25, 0.3) is 5.69 Å². The molecule has 1 heterocycles. The van der Waals surface area contributed by atoms with Gasteiger partial charge < -0.3 is 4.42 Å². The summed E-state index contributed by atoms with van der Waals surface area (Å²) in [5.41, 5.74) is -0.330. The lowest BCUT2D eigenvalue weighted by atomic mass is 10.1. The van der Waals surface area contributed by atoms with Gasteiger partial charge in [-0.25, -0.2) is 4.39 Å². The van der Waals surface area contributed by atoms with Crippen LogP contribution in [0, 0.1) is 15.9 Å². The number of carbonyl (C=O) groups excluding carboxylic acids is 1. The number of furan rings is 1. The Morgan fingerprint density at radius 1 is 1.39 bits per heavy atom. The fraction of sp³-hybridized carbons (Fsp3) is 0. The van der Waals surface area contributed by atoms with E-state index in [1.54, 1.807) is 0 Å². The summed E-state index contributed by atoms with van der Waals surface area (Å²) in [5, 5.41) is 10.9. The molecular formula is C11H5BrFNO4. The van der Waals surface area contributed by atoms with Crippen LogP contribution in [0.2, 0.25) is 0 Å². The molecule has 2 aromatic rings. The second kappa shape index (κ2) is 4.69. The van der Waals surface area contributed by atoms with Crippen molar-refractivity contribution in [1.82, 2.24) is 0 Å². The molecule has 0 aliphatic rings. The van der Waals surface area contributed by atoms with Crippen molar-refractivity contribution < 1.29 is 18.5 Å². The minimum Gasteiger partial charge on any atom is -0.453 e. The molecule has 5 nitrogen and oxygen atoms in total. The molecule has 0 amide bonds. The van der Waals surface area contributed by atoms with Crippen LogP contribution in [-0.4, -0.2) is 11.2 Å². The molecule has 0 aliphatic heterocycles. The summed E-state index contributed by atoms with van der Waals surface area (Å²) < 4.78 is 18.5. The fourth-order valence-electron chi connectivity index (χ4n) is 1.45. The number of aldehydes is 1. The van der Waals surface area contributed by atoms with Gasteiger partial charge in [0.15, 0.2) is 12.0 Å². The minimum absolute atomic E-state index is 0.0138. The van der Waals surface area contributed by atoms with Crippen LogP contribution in [0.1, 0.15) is 10.6 Å². The quantitative estimate of drug-likeness (QED) is 0.493. The fourth-order valence-corrected chi connectivity index (χ4v) is 1.78. The molecule has 0 N–H and O–H groups in total. The first-order valence-electron chi connectivity index (χ1n) is 4.71. The topological polar surface area (TPSA) is 73.3 Å². The maximum Gasteiger partial charge on any atom is 0.281 e. The van der Waals surface area contributed by atoms with Crippen molar-refractivity contribution in [2.24, 2.45) is 0 Å². The van der Waals surface area contributed by atoms with E-state index < -0.39 is 10.7 Å². The Labute approximate surface area is 108 Å². The molecule has 0 saturated heterocycles. The number of hydrogen-bond acceptors (Lipinski definition) is 4. The first-order valence-corrected chi connectivity index (χ1v) is 5.51. The van der Waals surface area contributed by atoms with Crippen molar-refractivity contribution in [2.75, 3.05) is 0 Å². The van der Waals surface area contributed by atoms with Crippen LogP contribution in [0.25, 0.3) is 11.3 Å². The van der Waals surface area contributed by atoms with Gasteiger partial charge in [-0.1, -0.05) is 0 Å². The van der Waals surface area contributed by atoms with Crippen molar-refractivity contribution in [3.63, 3.8) is 0 Å². The van der Waals surface area contributed by atoms with Gasteiger partial charge in [-0.2, -0.15) is 0 Å². The average molecular weight is 314 g/mol. The van der Waals surface area contributed by atoms with Crippen molar-refractivity contribution >= 4 is 27.9 Å². The molecule has 0 fully saturated rings. The maximum atomic E-state index is 13.4. The van der Waals surface area contributed by atoms with E-state index in [0.29, 0.717) is 6.29 Å². The molecule has 2 rings (SSSR count). The average Bonchev–Trinajstić information content (AvgIpc) is 2.80. The maximum absolute atomic E-state index is 13.4. The highest BCUT2D eigenvalue weighted by molar-refractivity contribution is 9.10. The van der Waals surface area contributed by atoms with Crippen LogP contribution in [0.3, 0.4) is 0 Å². The molecular weight excluding hydrogens is 309 g/mol. The van der Waals surface area contributed by atoms with Crippen molar-refractivity contribution in [3.05, 3.63) is 50.4 Å². The molecule has 0 spiro atoms. The molecule has 0 aliphatic carbocycles. The number of nitro groups is 1. The van der Waals surface area contributed by atoms with Gasteiger partial charge in [-0.05, 0) is 34.1 Å². The van der Waals surface area contributed by atoms with Gasteiger partial charge in [0, 0.05) is 6.07 Å². The number of benzene rings is 1. The van der Waals surface area contributed by atoms with E-state index in [9.17, 15) is 19.3 Å². The van der Waals surface area contributed by atoms with Gasteiger partial charge in [-0.3, -0.25) is 14.9 Å². The summed E-state index contributed by atoms with van der Waals surface area (Å²) in [7, 11) is 0. The summed E-state index contributed by atoms with van der Waals surface area (Å²) >= 11 is 2.87. The van der Waals surface area contributed by atoms with E-state index >= 15 is 0 Å². The zero-order valence-corrected chi connectivity index (χ0v) is 10.3. The lowest BCUT2D eigenvalue weighted by molar-refractivity contribution is -0.384. The van der Waals surface area contributed by atoms with Crippen molar-refractivity contribution in [3.8, 4) is 11.3 Å². The lowest BCUT2D eigenvalue weighted by Gasteiger charge is -2.01. The Kier molecular flexibility index (Phi) is 3.24. The summed E-state index contributed by atoms with van der Waals surface area (Å²) in [6.45, 7) is 0. The van der Waals surface area contributed by atoms with Gasteiger partial charge in [0.2, 0.25) is 0 Å². The SMILES string of the molecule is O=Cc1ccc(-c2cc(F)c(Br)cc2[N+](=O)[O-])o1.